The molecule has 1 N–H and O–H groups in total. The lowest BCUT2D eigenvalue weighted by molar-refractivity contribution is 0.0656. The first-order valence-corrected chi connectivity index (χ1v) is 6.71. The number of hydrogen-bond donors (Lipinski definition) is 1. The summed E-state index contributed by atoms with van der Waals surface area (Å²) >= 11 is 13.3. The fourth-order valence-electron chi connectivity index (χ4n) is 1.32. The molecule has 0 saturated carbocycles. The first-order valence-electron chi connectivity index (χ1n) is 4.96. The van der Waals surface area contributed by atoms with Gasteiger partial charge in [-0.25, -0.2) is 4.79 Å². The number of furan rings is 1. The predicted molar refractivity (Wildman–Crippen MR) is 71.7 cm³/mol. The van der Waals surface area contributed by atoms with Gasteiger partial charge in [-0.15, -0.1) is 0 Å². The summed E-state index contributed by atoms with van der Waals surface area (Å²) in [6.45, 7) is 0. The van der Waals surface area contributed by atoms with Crippen LogP contribution in [-0.4, -0.2) is 11.1 Å². The Balaban J connectivity index is 2.07. The molecule has 0 unspecified atom stereocenters. The molecule has 3 nitrogen and oxygen atoms in total. The Kier molecular flexibility index (Phi) is 4.22. The number of carboxylic acids is 1. The highest BCUT2D eigenvalue weighted by atomic mass is 35.5. The maximum absolute atomic E-state index is 10.6. The van der Waals surface area contributed by atoms with Gasteiger partial charge in [-0.3, -0.25) is 0 Å². The van der Waals surface area contributed by atoms with E-state index in [-0.39, 0.29) is 5.76 Å². The zero-order valence-corrected chi connectivity index (χ0v) is 11.4. The normalized spacial score (nSPS) is 10.6. The van der Waals surface area contributed by atoms with E-state index in [0.717, 1.165) is 5.56 Å². The highest BCUT2D eigenvalue weighted by Gasteiger charge is 2.10. The topological polar surface area (TPSA) is 50.4 Å². The van der Waals surface area contributed by atoms with Crippen LogP contribution in [-0.2, 0) is 5.75 Å². The van der Waals surface area contributed by atoms with E-state index >= 15 is 0 Å². The SMILES string of the molecule is O=C(O)c1ccc(SCc2cccc(Cl)c2Cl)o1. The summed E-state index contributed by atoms with van der Waals surface area (Å²) in [4.78, 5) is 10.6. The van der Waals surface area contributed by atoms with Crippen LogP contribution in [0.25, 0.3) is 0 Å². The van der Waals surface area contributed by atoms with Gasteiger partial charge in [-0.05, 0) is 23.8 Å². The van der Waals surface area contributed by atoms with Gasteiger partial charge in [0.1, 0.15) is 0 Å². The lowest BCUT2D eigenvalue weighted by atomic mass is 10.2. The molecule has 1 aromatic heterocycles. The van der Waals surface area contributed by atoms with Gasteiger partial charge >= 0.3 is 5.97 Å². The number of benzene rings is 1. The highest BCUT2D eigenvalue weighted by Crippen LogP contribution is 2.31. The third kappa shape index (κ3) is 3.02. The van der Waals surface area contributed by atoms with E-state index in [1.54, 1.807) is 12.1 Å². The van der Waals surface area contributed by atoms with E-state index < -0.39 is 5.97 Å². The molecule has 0 radical (unpaired) electrons. The van der Waals surface area contributed by atoms with Crippen molar-refractivity contribution in [3.8, 4) is 0 Å². The Bertz CT molecular complexity index is 580. The summed E-state index contributed by atoms with van der Waals surface area (Å²) in [5, 5.41) is 10.3. The van der Waals surface area contributed by atoms with Crippen LogP contribution < -0.4 is 0 Å². The fraction of sp³-hybridized carbons (Fsp3) is 0.0833. The predicted octanol–water partition coefficient (Wildman–Crippen LogP) is 4.58. The first kappa shape index (κ1) is 13.3. The Labute approximate surface area is 118 Å². The van der Waals surface area contributed by atoms with E-state index in [2.05, 4.69) is 0 Å². The van der Waals surface area contributed by atoms with Gasteiger partial charge in [0.15, 0.2) is 5.09 Å². The van der Waals surface area contributed by atoms with Gasteiger partial charge in [0.25, 0.3) is 0 Å². The van der Waals surface area contributed by atoms with Crippen molar-refractivity contribution in [2.24, 2.45) is 0 Å². The molecule has 0 amide bonds. The van der Waals surface area contributed by atoms with Crippen molar-refractivity contribution in [2.75, 3.05) is 0 Å². The van der Waals surface area contributed by atoms with Gasteiger partial charge in [0.2, 0.25) is 5.76 Å². The molecule has 0 fully saturated rings. The van der Waals surface area contributed by atoms with Crippen LogP contribution in [0.5, 0.6) is 0 Å². The number of carboxylic acid groups (broad SMARTS) is 1. The van der Waals surface area contributed by atoms with E-state index in [1.807, 2.05) is 12.1 Å². The van der Waals surface area contributed by atoms with Gasteiger partial charge in [-0.2, -0.15) is 0 Å². The van der Waals surface area contributed by atoms with E-state index in [0.29, 0.717) is 20.9 Å². The minimum Gasteiger partial charge on any atom is -0.475 e. The molecule has 1 heterocycles. The number of hydrogen-bond acceptors (Lipinski definition) is 3. The van der Waals surface area contributed by atoms with Crippen LogP contribution in [0.2, 0.25) is 10.0 Å². The molecule has 0 spiro atoms. The number of aromatic carboxylic acids is 1. The smallest absolute Gasteiger partial charge is 0.371 e. The molecular weight excluding hydrogens is 295 g/mol. The van der Waals surface area contributed by atoms with Gasteiger partial charge in [-0.1, -0.05) is 47.1 Å². The van der Waals surface area contributed by atoms with E-state index in [9.17, 15) is 4.79 Å². The minimum absolute atomic E-state index is 0.0744. The van der Waals surface area contributed by atoms with Crippen LogP contribution in [0.1, 0.15) is 16.1 Å². The minimum atomic E-state index is -1.08. The van der Waals surface area contributed by atoms with Crippen molar-refractivity contribution in [3.63, 3.8) is 0 Å². The lowest BCUT2D eigenvalue weighted by Crippen LogP contribution is -1.91. The van der Waals surface area contributed by atoms with Crippen LogP contribution >= 0.6 is 35.0 Å². The third-order valence-corrected chi connectivity index (χ3v) is 4.01. The molecule has 0 aliphatic rings. The highest BCUT2D eigenvalue weighted by molar-refractivity contribution is 7.98. The molecule has 0 aliphatic heterocycles. The monoisotopic (exact) mass is 302 g/mol. The van der Waals surface area contributed by atoms with Gasteiger partial charge in [0.05, 0.1) is 10.0 Å². The second-order valence-corrected chi connectivity index (χ2v) is 5.19. The average molecular weight is 303 g/mol. The summed E-state index contributed by atoms with van der Waals surface area (Å²) in [5.74, 6) is -0.594. The standard InChI is InChI=1S/C12H8Cl2O3S/c13-8-3-1-2-7(11(8)14)6-18-10-5-4-9(17-10)12(15)16/h1-5H,6H2,(H,15,16). The maximum Gasteiger partial charge on any atom is 0.371 e. The fourth-order valence-corrected chi connectivity index (χ4v) is 2.64. The summed E-state index contributed by atoms with van der Waals surface area (Å²) < 4.78 is 5.12. The third-order valence-electron chi connectivity index (χ3n) is 2.19. The molecule has 2 aromatic rings. The van der Waals surface area contributed by atoms with E-state index in [4.69, 9.17) is 32.7 Å². The van der Waals surface area contributed by atoms with Gasteiger partial charge < -0.3 is 9.52 Å². The van der Waals surface area contributed by atoms with Crippen molar-refractivity contribution in [3.05, 3.63) is 51.7 Å². The molecule has 18 heavy (non-hydrogen) atoms. The van der Waals surface area contributed by atoms with Crippen molar-refractivity contribution in [1.82, 2.24) is 0 Å². The Morgan fingerprint density at radius 2 is 2.06 bits per heavy atom. The summed E-state index contributed by atoms with van der Waals surface area (Å²) in [5.41, 5.74) is 0.877. The summed E-state index contributed by atoms with van der Waals surface area (Å²) in [7, 11) is 0. The average Bonchev–Trinajstić information content (AvgIpc) is 2.80. The zero-order valence-electron chi connectivity index (χ0n) is 9.02. The van der Waals surface area contributed by atoms with Crippen molar-refractivity contribution in [2.45, 2.75) is 10.8 Å². The summed E-state index contributed by atoms with van der Waals surface area (Å²) in [6, 6.07) is 8.43. The first-order chi connectivity index (χ1) is 8.58. The number of rotatable bonds is 4. The van der Waals surface area contributed by atoms with Crippen molar-refractivity contribution >= 4 is 40.9 Å². The second-order valence-electron chi connectivity index (χ2n) is 3.43. The second kappa shape index (κ2) is 5.69. The number of thioether (sulfide) groups is 1. The molecule has 0 saturated heterocycles. The lowest BCUT2D eigenvalue weighted by Gasteiger charge is -2.03. The quantitative estimate of drug-likeness (QED) is 0.840. The number of halogens is 2. The van der Waals surface area contributed by atoms with Crippen molar-refractivity contribution in [1.29, 1.82) is 0 Å². The zero-order chi connectivity index (χ0) is 13.1. The van der Waals surface area contributed by atoms with Crippen molar-refractivity contribution < 1.29 is 14.3 Å². The van der Waals surface area contributed by atoms with Crippen LogP contribution in [0.3, 0.4) is 0 Å². The molecule has 94 valence electrons. The van der Waals surface area contributed by atoms with Crippen LogP contribution in [0.15, 0.2) is 39.8 Å². The van der Waals surface area contributed by atoms with Crippen LogP contribution in [0, 0.1) is 0 Å². The molecule has 2 rings (SSSR count). The summed E-state index contributed by atoms with van der Waals surface area (Å²) in [6.07, 6.45) is 0. The largest absolute Gasteiger partial charge is 0.475 e. The molecular formula is C12H8Cl2O3S. The Morgan fingerprint density at radius 1 is 1.28 bits per heavy atom. The number of carbonyl (C=O) groups is 1. The molecule has 6 heteroatoms. The molecule has 0 aliphatic carbocycles. The van der Waals surface area contributed by atoms with Gasteiger partial charge in [0, 0.05) is 5.75 Å². The van der Waals surface area contributed by atoms with Crippen LogP contribution in [0.4, 0.5) is 0 Å². The van der Waals surface area contributed by atoms with E-state index in [1.165, 1.54) is 17.8 Å². The molecule has 0 bridgehead atoms. The molecule has 1 aromatic carbocycles. The maximum atomic E-state index is 10.6. The Hall–Kier alpha value is -1.10. The molecule has 0 atom stereocenters. The Morgan fingerprint density at radius 3 is 2.72 bits per heavy atom.